The van der Waals surface area contributed by atoms with Gasteiger partial charge in [0.15, 0.2) is 0 Å². The Hall–Kier alpha value is -1.85. The quantitative estimate of drug-likeness (QED) is 0.656. The molecule has 0 unspecified atom stereocenters. The van der Waals surface area contributed by atoms with E-state index in [1.165, 1.54) is 6.08 Å². The lowest BCUT2D eigenvalue weighted by atomic mass is 10.1. The Morgan fingerprint density at radius 1 is 1.00 bits per heavy atom. The fraction of sp³-hybridized carbons (Fsp3) is 0.0667. The second-order valence-corrected chi connectivity index (χ2v) is 3.71. The minimum absolute atomic E-state index is 0. The Bertz CT molecular complexity index is 620. The molecular formula is C15H14MgO4. The molecule has 2 aromatic carbocycles. The van der Waals surface area contributed by atoms with Crippen LogP contribution in [0.15, 0.2) is 54.6 Å². The first kappa shape index (κ1) is 18.1. The first-order chi connectivity index (χ1) is 9.04. The summed E-state index contributed by atoms with van der Waals surface area (Å²) in [4.78, 5) is 20.2. The monoisotopic (exact) mass is 282 g/mol. The van der Waals surface area contributed by atoms with Crippen LogP contribution in [-0.4, -0.2) is 45.2 Å². The molecule has 2 rings (SSSR count). The standard InChI is InChI=1S/C11H8O2.C4H6O2.Mg/c12-11(13)10-6-5-8-3-1-2-4-9(8)7-10;1-2-3-4(5)6;/h1-7H,(H,12,13);2-3H,1H3,(H,5,6);. The number of aromatic carboxylic acids is 1. The van der Waals surface area contributed by atoms with Crippen LogP contribution in [0.3, 0.4) is 0 Å². The predicted molar refractivity (Wildman–Crippen MR) is 79.1 cm³/mol. The first-order valence-corrected chi connectivity index (χ1v) is 5.62. The van der Waals surface area contributed by atoms with Gasteiger partial charge in [-0.25, -0.2) is 9.59 Å². The maximum atomic E-state index is 10.6. The number of hydrogen-bond donors (Lipinski definition) is 2. The number of carbonyl (C=O) groups is 2. The van der Waals surface area contributed by atoms with Crippen LogP contribution in [-0.2, 0) is 4.79 Å². The van der Waals surface area contributed by atoms with Gasteiger partial charge in [0.25, 0.3) is 0 Å². The third-order valence-corrected chi connectivity index (χ3v) is 2.31. The molecule has 0 saturated heterocycles. The highest BCUT2D eigenvalue weighted by molar-refractivity contribution is 5.94. The third kappa shape index (κ3) is 5.86. The van der Waals surface area contributed by atoms with Crippen molar-refractivity contribution in [2.24, 2.45) is 0 Å². The number of aliphatic carboxylic acids is 1. The highest BCUT2D eigenvalue weighted by Gasteiger charge is 2.01. The number of rotatable bonds is 2. The number of benzene rings is 2. The molecule has 2 aromatic rings. The van der Waals surface area contributed by atoms with Crippen molar-refractivity contribution in [3.63, 3.8) is 0 Å². The molecule has 0 heterocycles. The van der Waals surface area contributed by atoms with Gasteiger partial charge in [0.1, 0.15) is 0 Å². The molecule has 0 bridgehead atoms. The van der Waals surface area contributed by atoms with E-state index >= 15 is 0 Å². The van der Waals surface area contributed by atoms with Crippen LogP contribution in [0.2, 0.25) is 0 Å². The molecule has 0 aliphatic heterocycles. The fourth-order valence-electron chi connectivity index (χ4n) is 1.46. The average Bonchev–Trinajstić information content (AvgIpc) is 2.38. The van der Waals surface area contributed by atoms with E-state index in [1.807, 2.05) is 30.3 Å². The van der Waals surface area contributed by atoms with Crippen LogP contribution in [0.1, 0.15) is 17.3 Å². The van der Waals surface area contributed by atoms with Crippen LogP contribution in [0.25, 0.3) is 10.8 Å². The first-order valence-electron chi connectivity index (χ1n) is 5.62. The Balaban J connectivity index is 0.000000448. The van der Waals surface area contributed by atoms with Gasteiger partial charge in [-0.2, -0.15) is 0 Å². The van der Waals surface area contributed by atoms with E-state index in [-0.39, 0.29) is 23.1 Å². The molecule has 0 saturated carbocycles. The largest absolute Gasteiger partial charge is 0.478 e. The molecule has 0 spiro atoms. The van der Waals surface area contributed by atoms with Gasteiger partial charge in [0.2, 0.25) is 0 Å². The van der Waals surface area contributed by atoms with Gasteiger partial charge in [0, 0.05) is 29.1 Å². The van der Waals surface area contributed by atoms with Crippen LogP contribution in [0.5, 0.6) is 0 Å². The van der Waals surface area contributed by atoms with E-state index < -0.39 is 11.9 Å². The second-order valence-electron chi connectivity index (χ2n) is 3.71. The van der Waals surface area contributed by atoms with Gasteiger partial charge in [-0.05, 0) is 29.8 Å². The van der Waals surface area contributed by atoms with Gasteiger partial charge in [0.05, 0.1) is 5.56 Å². The molecule has 0 aliphatic carbocycles. The SMILES string of the molecule is CC=CC(=O)O.O=C(O)c1ccc2ccccc2c1.[Mg]. The van der Waals surface area contributed by atoms with Crippen LogP contribution >= 0.6 is 0 Å². The van der Waals surface area contributed by atoms with Crippen LogP contribution in [0, 0.1) is 0 Å². The smallest absolute Gasteiger partial charge is 0.335 e. The third-order valence-electron chi connectivity index (χ3n) is 2.31. The van der Waals surface area contributed by atoms with Crippen LogP contribution in [0.4, 0.5) is 0 Å². The van der Waals surface area contributed by atoms with Crippen molar-refractivity contribution in [3.8, 4) is 0 Å². The fourth-order valence-corrected chi connectivity index (χ4v) is 1.46. The Morgan fingerprint density at radius 3 is 2.05 bits per heavy atom. The zero-order valence-corrected chi connectivity index (χ0v) is 12.5. The van der Waals surface area contributed by atoms with Gasteiger partial charge in [-0.1, -0.05) is 36.4 Å². The number of fused-ring (bicyclic) bond motifs is 1. The van der Waals surface area contributed by atoms with E-state index in [0.717, 1.165) is 16.8 Å². The Kier molecular flexibility index (Phi) is 8.27. The predicted octanol–water partition coefficient (Wildman–Crippen LogP) is 2.80. The number of hydrogen-bond acceptors (Lipinski definition) is 2. The van der Waals surface area contributed by atoms with Crippen molar-refractivity contribution in [3.05, 3.63) is 60.2 Å². The van der Waals surface area contributed by atoms with Crippen molar-refractivity contribution in [2.45, 2.75) is 6.92 Å². The summed E-state index contributed by atoms with van der Waals surface area (Å²) in [6, 6.07) is 12.8. The van der Waals surface area contributed by atoms with Crippen molar-refractivity contribution in [1.29, 1.82) is 0 Å². The zero-order valence-electron chi connectivity index (χ0n) is 11.1. The second kappa shape index (κ2) is 9.11. The minimum atomic E-state index is -0.891. The van der Waals surface area contributed by atoms with Crippen molar-refractivity contribution in [1.82, 2.24) is 0 Å². The van der Waals surface area contributed by atoms with E-state index in [2.05, 4.69) is 0 Å². The molecule has 0 atom stereocenters. The van der Waals surface area contributed by atoms with Crippen molar-refractivity contribution in [2.75, 3.05) is 0 Å². The van der Waals surface area contributed by atoms with E-state index in [4.69, 9.17) is 10.2 Å². The Morgan fingerprint density at radius 2 is 1.60 bits per heavy atom. The van der Waals surface area contributed by atoms with Gasteiger partial charge < -0.3 is 10.2 Å². The maximum absolute atomic E-state index is 10.6. The Labute approximate surface area is 132 Å². The van der Waals surface area contributed by atoms with Gasteiger partial charge >= 0.3 is 11.9 Å². The summed E-state index contributed by atoms with van der Waals surface area (Å²) in [5.74, 6) is -1.77. The molecule has 0 fully saturated rings. The summed E-state index contributed by atoms with van der Waals surface area (Å²) in [5, 5.41) is 18.6. The molecule has 2 radical (unpaired) electrons. The molecule has 0 aromatic heterocycles. The zero-order chi connectivity index (χ0) is 14.3. The molecule has 0 amide bonds. The minimum Gasteiger partial charge on any atom is -0.478 e. The highest BCUT2D eigenvalue weighted by atomic mass is 24.3. The molecule has 5 heteroatoms. The van der Waals surface area contributed by atoms with Crippen molar-refractivity contribution < 1.29 is 19.8 Å². The van der Waals surface area contributed by atoms with E-state index in [1.54, 1.807) is 19.1 Å². The molecule has 0 aliphatic rings. The number of allylic oxidation sites excluding steroid dienone is 1. The molecule has 20 heavy (non-hydrogen) atoms. The van der Waals surface area contributed by atoms with Gasteiger partial charge in [-0.3, -0.25) is 0 Å². The van der Waals surface area contributed by atoms with Gasteiger partial charge in [-0.15, -0.1) is 0 Å². The van der Waals surface area contributed by atoms with Crippen LogP contribution < -0.4 is 0 Å². The summed E-state index contributed by atoms with van der Waals surface area (Å²) >= 11 is 0. The summed E-state index contributed by atoms with van der Waals surface area (Å²) < 4.78 is 0. The molecule has 100 valence electrons. The lowest BCUT2D eigenvalue weighted by Crippen LogP contribution is -1.94. The molecule has 4 nitrogen and oxygen atoms in total. The van der Waals surface area contributed by atoms with Crippen molar-refractivity contribution >= 4 is 45.8 Å². The van der Waals surface area contributed by atoms with E-state index in [9.17, 15) is 9.59 Å². The average molecular weight is 283 g/mol. The normalized spacial score (nSPS) is 9.45. The lowest BCUT2D eigenvalue weighted by Gasteiger charge is -1.98. The maximum Gasteiger partial charge on any atom is 0.335 e. The topological polar surface area (TPSA) is 74.6 Å². The number of carboxylic acids is 2. The lowest BCUT2D eigenvalue weighted by molar-refractivity contribution is -0.131. The summed E-state index contributed by atoms with van der Waals surface area (Å²) in [5.41, 5.74) is 0.332. The number of carboxylic acid groups (broad SMARTS) is 2. The molecular weight excluding hydrogens is 268 g/mol. The molecule has 2 N–H and O–H groups in total. The highest BCUT2D eigenvalue weighted by Crippen LogP contribution is 2.15. The summed E-state index contributed by atoms with van der Waals surface area (Å²) in [6.45, 7) is 1.66. The van der Waals surface area contributed by atoms with E-state index in [0.29, 0.717) is 5.56 Å². The summed E-state index contributed by atoms with van der Waals surface area (Å²) in [6.07, 6.45) is 2.56. The summed E-state index contributed by atoms with van der Waals surface area (Å²) in [7, 11) is 0.